The molecule has 2 saturated carbocycles. The zero-order chi connectivity index (χ0) is 18.1. The smallest absolute Gasteiger partial charge is 0.225 e. The average molecular weight is 384 g/mol. The fourth-order valence-corrected chi connectivity index (χ4v) is 6.72. The maximum Gasteiger partial charge on any atom is 0.225 e. The number of carbonyl (C=O) groups is 1. The van der Waals surface area contributed by atoms with Crippen molar-refractivity contribution >= 4 is 15.9 Å². The van der Waals surface area contributed by atoms with Gasteiger partial charge in [-0.2, -0.15) is 0 Å². The van der Waals surface area contributed by atoms with Crippen LogP contribution in [-0.4, -0.2) is 67.6 Å². The van der Waals surface area contributed by atoms with Gasteiger partial charge in [0.2, 0.25) is 15.9 Å². The molecule has 0 bridgehead atoms. The highest BCUT2D eigenvalue weighted by Gasteiger charge is 2.38. The highest BCUT2D eigenvalue weighted by Crippen LogP contribution is 2.30. The molecule has 1 atom stereocenters. The Hall–Kier alpha value is -0.660. The summed E-state index contributed by atoms with van der Waals surface area (Å²) in [5.41, 5.74) is 0. The SMILES string of the molecule is O=C(C1CCCC1)N1CCC[C@@H](S(=O)(=O)NC2CCN(C3CC3)CC2)C1. The second kappa shape index (κ2) is 7.76. The minimum absolute atomic E-state index is 0.0657. The molecule has 4 aliphatic rings. The summed E-state index contributed by atoms with van der Waals surface area (Å²) < 4.78 is 28.8. The van der Waals surface area contributed by atoms with Crippen molar-refractivity contribution in [2.75, 3.05) is 26.2 Å². The summed E-state index contributed by atoms with van der Waals surface area (Å²) in [5.74, 6) is 0.330. The number of likely N-dealkylation sites (tertiary alicyclic amines) is 2. The lowest BCUT2D eigenvalue weighted by molar-refractivity contribution is -0.136. The average Bonchev–Trinajstić information content (AvgIpc) is 3.35. The number of carbonyl (C=O) groups excluding carboxylic acids is 1. The van der Waals surface area contributed by atoms with Crippen LogP contribution >= 0.6 is 0 Å². The third-order valence-electron chi connectivity index (χ3n) is 6.76. The summed E-state index contributed by atoms with van der Waals surface area (Å²) >= 11 is 0. The summed E-state index contributed by atoms with van der Waals surface area (Å²) in [6, 6.07) is 0.831. The monoisotopic (exact) mass is 383 g/mol. The molecule has 2 saturated heterocycles. The van der Waals surface area contributed by atoms with Gasteiger partial charge in [-0.3, -0.25) is 4.79 Å². The number of nitrogens with zero attached hydrogens (tertiary/aromatic N) is 2. The van der Waals surface area contributed by atoms with Crippen molar-refractivity contribution in [2.24, 2.45) is 5.92 Å². The first kappa shape index (κ1) is 18.7. The Kier molecular flexibility index (Phi) is 5.58. The lowest BCUT2D eigenvalue weighted by Crippen LogP contribution is -2.52. The van der Waals surface area contributed by atoms with Crippen molar-refractivity contribution in [3.63, 3.8) is 0 Å². The van der Waals surface area contributed by atoms with E-state index < -0.39 is 15.3 Å². The summed E-state index contributed by atoms with van der Waals surface area (Å²) in [6.45, 7) is 3.12. The molecule has 2 heterocycles. The van der Waals surface area contributed by atoms with Gasteiger partial charge < -0.3 is 9.80 Å². The molecule has 6 nitrogen and oxygen atoms in total. The number of hydrogen-bond donors (Lipinski definition) is 1. The molecule has 2 aliphatic carbocycles. The van der Waals surface area contributed by atoms with Gasteiger partial charge in [-0.25, -0.2) is 13.1 Å². The van der Waals surface area contributed by atoms with Gasteiger partial charge in [-0.15, -0.1) is 0 Å². The second-order valence-corrected chi connectivity index (χ2v) is 10.7. The topological polar surface area (TPSA) is 69.7 Å². The van der Waals surface area contributed by atoms with Gasteiger partial charge in [0.25, 0.3) is 0 Å². The lowest BCUT2D eigenvalue weighted by Gasteiger charge is -2.36. The zero-order valence-electron chi connectivity index (χ0n) is 15.7. The minimum atomic E-state index is -3.36. The predicted octanol–water partition coefficient (Wildman–Crippen LogP) is 1.71. The van der Waals surface area contributed by atoms with Crippen molar-refractivity contribution < 1.29 is 13.2 Å². The number of sulfonamides is 1. The molecule has 26 heavy (non-hydrogen) atoms. The molecule has 0 aromatic rings. The third-order valence-corrected chi connectivity index (χ3v) is 8.68. The minimum Gasteiger partial charge on any atom is -0.341 e. The first-order valence-electron chi connectivity index (χ1n) is 10.6. The standard InChI is InChI=1S/C19H33N3O3S/c23-19(15-4-1-2-5-15)22-11-3-6-18(14-22)26(24,25)20-16-9-12-21(13-10-16)17-7-8-17/h15-18,20H,1-14H2/t18-/m1/s1. The number of amides is 1. The number of hydrogen-bond acceptors (Lipinski definition) is 4. The normalized spacial score (nSPS) is 30.0. The Morgan fingerprint density at radius 2 is 1.54 bits per heavy atom. The van der Waals surface area contributed by atoms with Crippen LogP contribution in [0.5, 0.6) is 0 Å². The largest absolute Gasteiger partial charge is 0.341 e. The summed E-state index contributed by atoms with van der Waals surface area (Å²) in [7, 11) is -3.36. The van der Waals surface area contributed by atoms with Crippen LogP contribution in [0, 0.1) is 5.92 Å². The summed E-state index contributed by atoms with van der Waals surface area (Å²) in [4.78, 5) is 17.0. The number of nitrogens with one attached hydrogen (secondary N) is 1. The number of piperidine rings is 2. The van der Waals surface area contributed by atoms with Crippen molar-refractivity contribution in [3.8, 4) is 0 Å². The maximum absolute atomic E-state index is 12.9. The van der Waals surface area contributed by atoms with Crippen LogP contribution in [0.1, 0.15) is 64.2 Å². The summed E-state index contributed by atoms with van der Waals surface area (Å²) in [5, 5.41) is -0.442. The predicted molar refractivity (Wildman–Crippen MR) is 101 cm³/mol. The fourth-order valence-electron chi connectivity index (χ4n) is 4.97. The van der Waals surface area contributed by atoms with Crippen LogP contribution in [0.2, 0.25) is 0 Å². The molecular weight excluding hydrogens is 350 g/mol. The van der Waals surface area contributed by atoms with Crippen molar-refractivity contribution in [1.29, 1.82) is 0 Å². The van der Waals surface area contributed by atoms with Gasteiger partial charge in [0, 0.05) is 31.1 Å². The first-order valence-corrected chi connectivity index (χ1v) is 12.1. The van der Waals surface area contributed by atoms with Crippen LogP contribution in [0.3, 0.4) is 0 Å². The van der Waals surface area contributed by atoms with Crippen molar-refractivity contribution in [1.82, 2.24) is 14.5 Å². The molecular formula is C19H33N3O3S. The number of rotatable bonds is 5. The van der Waals surface area contributed by atoms with Gasteiger partial charge >= 0.3 is 0 Å². The van der Waals surface area contributed by atoms with E-state index in [0.29, 0.717) is 13.0 Å². The van der Waals surface area contributed by atoms with E-state index in [-0.39, 0.29) is 17.9 Å². The maximum atomic E-state index is 12.9. The van der Waals surface area contributed by atoms with E-state index in [0.717, 1.165) is 70.6 Å². The molecule has 4 rings (SSSR count). The first-order chi connectivity index (χ1) is 12.5. The van der Waals surface area contributed by atoms with E-state index >= 15 is 0 Å². The quantitative estimate of drug-likeness (QED) is 0.785. The Bertz CT molecular complexity index is 606. The van der Waals surface area contributed by atoms with E-state index in [1.807, 2.05) is 4.90 Å². The Balaban J connectivity index is 1.31. The molecule has 0 unspecified atom stereocenters. The van der Waals surface area contributed by atoms with Crippen LogP contribution in [0.15, 0.2) is 0 Å². The molecule has 2 aliphatic heterocycles. The molecule has 4 fully saturated rings. The Morgan fingerprint density at radius 1 is 0.846 bits per heavy atom. The molecule has 0 radical (unpaired) electrons. The second-order valence-electron chi connectivity index (χ2n) is 8.73. The van der Waals surface area contributed by atoms with Crippen LogP contribution in [0.25, 0.3) is 0 Å². The Morgan fingerprint density at radius 3 is 2.19 bits per heavy atom. The van der Waals surface area contributed by atoms with Gasteiger partial charge in [0.05, 0.1) is 5.25 Å². The zero-order valence-corrected chi connectivity index (χ0v) is 16.6. The summed E-state index contributed by atoms with van der Waals surface area (Å²) in [6.07, 6.45) is 10.1. The van der Waals surface area contributed by atoms with Crippen LogP contribution < -0.4 is 4.72 Å². The molecule has 1 N–H and O–H groups in total. The van der Waals surface area contributed by atoms with Crippen LogP contribution in [-0.2, 0) is 14.8 Å². The van der Waals surface area contributed by atoms with E-state index in [1.165, 1.54) is 12.8 Å². The van der Waals surface area contributed by atoms with Crippen LogP contribution in [0.4, 0.5) is 0 Å². The molecule has 0 aromatic heterocycles. The highest BCUT2D eigenvalue weighted by molar-refractivity contribution is 7.90. The van der Waals surface area contributed by atoms with Gasteiger partial charge in [0.1, 0.15) is 0 Å². The molecule has 148 valence electrons. The van der Waals surface area contributed by atoms with E-state index in [9.17, 15) is 13.2 Å². The Labute approximate surface area is 157 Å². The van der Waals surface area contributed by atoms with Crippen molar-refractivity contribution in [3.05, 3.63) is 0 Å². The molecule has 1 amide bonds. The fraction of sp³-hybridized carbons (Fsp3) is 0.947. The van der Waals surface area contributed by atoms with E-state index in [4.69, 9.17) is 0 Å². The van der Waals surface area contributed by atoms with Gasteiger partial charge in [-0.05, 0) is 64.5 Å². The molecule has 0 spiro atoms. The third kappa shape index (κ3) is 4.25. The van der Waals surface area contributed by atoms with Gasteiger partial charge in [0.15, 0.2) is 0 Å². The van der Waals surface area contributed by atoms with Gasteiger partial charge in [-0.1, -0.05) is 12.8 Å². The van der Waals surface area contributed by atoms with E-state index in [1.54, 1.807) is 0 Å². The molecule has 7 heteroatoms. The molecule has 0 aromatic carbocycles. The lowest BCUT2D eigenvalue weighted by atomic mass is 10.0. The van der Waals surface area contributed by atoms with E-state index in [2.05, 4.69) is 9.62 Å². The van der Waals surface area contributed by atoms with Crippen molar-refractivity contribution in [2.45, 2.75) is 81.5 Å². The highest BCUT2D eigenvalue weighted by atomic mass is 32.2.